The topological polar surface area (TPSA) is 108 Å². The maximum Gasteiger partial charge on any atom is 0.331 e. The predicted octanol–water partition coefficient (Wildman–Crippen LogP) is 5.49. The Morgan fingerprint density at radius 1 is 0.691 bits per heavy atom. The molecule has 0 N–H and O–H groups in total. The monoisotopic (exact) mass is 762 g/mol. The van der Waals surface area contributed by atoms with E-state index in [4.69, 9.17) is 37.9 Å². The van der Waals surface area contributed by atoms with Crippen LogP contribution >= 0.6 is 0 Å². The lowest BCUT2D eigenvalue weighted by molar-refractivity contribution is -0.947. The van der Waals surface area contributed by atoms with Gasteiger partial charge in [-0.3, -0.25) is 0 Å². The van der Waals surface area contributed by atoms with Crippen molar-refractivity contribution in [2.24, 2.45) is 0 Å². The zero-order chi connectivity index (χ0) is 39.3. The summed E-state index contributed by atoms with van der Waals surface area (Å²) < 4.78 is 46.0. The Bertz CT molecular complexity index is 1750. The third kappa shape index (κ3) is 10.9. The van der Waals surface area contributed by atoms with Crippen LogP contribution in [0, 0.1) is 0 Å². The Morgan fingerprint density at radius 2 is 1.27 bits per heavy atom. The van der Waals surface area contributed by atoms with Crippen LogP contribution in [0.5, 0.6) is 28.7 Å². The standard InChI is InChI=1S/C43H58N2O10/c1-44(20-17-34-29-40(51-5)41(52-6)30-36(34)37(44)27-33-11-14-38(49-3)39(28-33)50-4)18-7-23-54-42(46)15-16-43(47)55-24-8-19-45(21-25-53-26-22-45)31-32-9-12-35(48-2)13-10-32/h9-16,28-30,37H,7-8,17-27,31H2,1-6H3/q+2. The van der Waals surface area contributed by atoms with Gasteiger partial charge in [0.1, 0.15) is 31.4 Å². The normalized spacial score (nSPS) is 18.9. The first-order valence-electron chi connectivity index (χ1n) is 19.0. The highest BCUT2D eigenvalue weighted by Gasteiger charge is 2.40. The van der Waals surface area contributed by atoms with Gasteiger partial charge >= 0.3 is 11.9 Å². The molecule has 0 bridgehead atoms. The van der Waals surface area contributed by atoms with E-state index in [0.717, 1.165) is 90.3 Å². The van der Waals surface area contributed by atoms with Gasteiger partial charge in [-0.15, -0.1) is 0 Å². The third-order valence-corrected chi connectivity index (χ3v) is 11.1. The van der Waals surface area contributed by atoms with E-state index in [1.165, 1.54) is 16.7 Å². The first-order valence-corrected chi connectivity index (χ1v) is 19.0. The molecule has 12 nitrogen and oxygen atoms in total. The van der Waals surface area contributed by atoms with Crippen LogP contribution < -0.4 is 23.7 Å². The summed E-state index contributed by atoms with van der Waals surface area (Å²) in [6.07, 6.45) is 5.27. The van der Waals surface area contributed by atoms with Crippen molar-refractivity contribution in [1.29, 1.82) is 0 Å². The average molecular weight is 763 g/mol. The number of nitrogens with zero attached hydrogens (tertiary/aromatic N) is 2. The molecule has 0 spiro atoms. The summed E-state index contributed by atoms with van der Waals surface area (Å²) in [5.74, 6) is 2.48. The van der Waals surface area contributed by atoms with E-state index >= 15 is 0 Å². The van der Waals surface area contributed by atoms with Crippen LogP contribution in [0.1, 0.15) is 41.1 Å². The number of ether oxygens (including phenoxy) is 8. The van der Waals surface area contributed by atoms with Gasteiger partial charge in [-0.2, -0.15) is 0 Å². The molecule has 2 heterocycles. The lowest BCUT2D eigenvalue weighted by Crippen LogP contribution is -2.55. The molecule has 298 valence electrons. The van der Waals surface area contributed by atoms with E-state index < -0.39 is 11.9 Å². The summed E-state index contributed by atoms with van der Waals surface area (Å²) in [6, 6.07) is 18.5. The number of carbonyl (C=O) groups is 2. The second-order valence-electron chi connectivity index (χ2n) is 14.5. The Labute approximate surface area is 325 Å². The molecular formula is C43H58N2O10+2. The number of hydrogen-bond acceptors (Lipinski definition) is 10. The van der Waals surface area contributed by atoms with Crippen LogP contribution in [0.15, 0.2) is 66.7 Å². The largest absolute Gasteiger partial charge is 0.497 e. The molecule has 1 saturated heterocycles. The smallest absolute Gasteiger partial charge is 0.331 e. The number of likely N-dealkylation sites (N-methyl/N-ethyl adjacent to an activating group) is 1. The van der Waals surface area contributed by atoms with Crippen molar-refractivity contribution in [2.75, 3.05) is 102 Å². The van der Waals surface area contributed by atoms with E-state index in [0.29, 0.717) is 43.3 Å². The molecule has 1 fully saturated rings. The predicted molar refractivity (Wildman–Crippen MR) is 208 cm³/mol. The second kappa shape index (κ2) is 19.7. The minimum absolute atomic E-state index is 0.0922. The van der Waals surface area contributed by atoms with Crippen molar-refractivity contribution in [3.05, 3.63) is 89.0 Å². The molecular weight excluding hydrogens is 704 g/mol. The van der Waals surface area contributed by atoms with Crippen LogP contribution in [0.2, 0.25) is 0 Å². The maximum atomic E-state index is 12.6. The van der Waals surface area contributed by atoms with Crippen molar-refractivity contribution in [1.82, 2.24) is 0 Å². The summed E-state index contributed by atoms with van der Waals surface area (Å²) in [5, 5.41) is 0. The first kappa shape index (κ1) is 41.4. The van der Waals surface area contributed by atoms with Crippen molar-refractivity contribution < 1.29 is 56.5 Å². The molecule has 5 rings (SSSR count). The van der Waals surface area contributed by atoms with Crippen LogP contribution in [0.4, 0.5) is 0 Å². The van der Waals surface area contributed by atoms with Crippen molar-refractivity contribution in [3.63, 3.8) is 0 Å². The van der Waals surface area contributed by atoms with Gasteiger partial charge in [0.15, 0.2) is 23.0 Å². The molecule has 0 radical (unpaired) electrons. The number of benzene rings is 3. The highest BCUT2D eigenvalue weighted by molar-refractivity contribution is 5.91. The first-order chi connectivity index (χ1) is 26.6. The lowest BCUT2D eigenvalue weighted by Gasteiger charge is -2.46. The van der Waals surface area contributed by atoms with Gasteiger partial charge in [0.05, 0.1) is 88.7 Å². The fourth-order valence-electron chi connectivity index (χ4n) is 7.87. The van der Waals surface area contributed by atoms with Gasteiger partial charge in [0, 0.05) is 49.0 Å². The Balaban J connectivity index is 1.12. The van der Waals surface area contributed by atoms with E-state index in [9.17, 15) is 9.59 Å². The average Bonchev–Trinajstić information content (AvgIpc) is 3.21. The number of hydrogen-bond donors (Lipinski definition) is 0. The van der Waals surface area contributed by atoms with E-state index in [-0.39, 0.29) is 19.3 Å². The van der Waals surface area contributed by atoms with E-state index in [2.05, 4.69) is 37.4 Å². The third-order valence-electron chi connectivity index (χ3n) is 11.1. The molecule has 2 aliphatic rings. The minimum atomic E-state index is -0.570. The lowest BCUT2D eigenvalue weighted by atomic mass is 9.86. The van der Waals surface area contributed by atoms with Crippen LogP contribution in [0.25, 0.3) is 0 Å². The zero-order valence-corrected chi connectivity index (χ0v) is 33.3. The van der Waals surface area contributed by atoms with Crippen LogP contribution in [-0.2, 0) is 43.2 Å². The molecule has 2 atom stereocenters. The molecule has 3 aromatic carbocycles. The highest BCUT2D eigenvalue weighted by Crippen LogP contribution is 2.43. The van der Waals surface area contributed by atoms with Gasteiger partial charge in [-0.05, 0) is 59.7 Å². The Kier molecular flexibility index (Phi) is 14.8. The van der Waals surface area contributed by atoms with Gasteiger partial charge in [0.25, 0.3) is 0 Å². The SMILES string of the molecule is COc1ccc(C[N+]2(CCCOC(=O)C=CC(=O)OCCC[N+]3(C)CCc4cc(OC)c(OC)cc4C3Cc3ccc(OC)c(OC)c3)CCOCC2)cc1. The molecule has 2 unspecified atom stereocenters. The summed E-state index contributed by atoms with van der Waals surface area (Å²) in [5.41, 5.74) is 4.79. The number of morpholine rings is 1. The molecule has 0 aliphatic carbocycles. The van der Waals surface area contributed by atoms with Gasteiger partial charge in [-0.1, -0.05) is 6.07 Å². The Morgan fingerprint density at radius 3 is 1.89 bits per heavy atom. The second-order valence-corrected chi connectivity index (χ2v) is 14.5. The van der Waals surface area contributed by atoms with Crippen LogP contribution in [-0.4, -0.2) is 123 Å². The molecule has 3 aromatic rings. The highest BCUT2D eigenvalue weighted by atomic mass is 16.5. The number of quaternary nitrogens is 2. The number of esters is 2. The fraction of sp³-hybridized carbons (Fsp3) is 0.488. The number of methoxy groups -OCH3 is 5. The summed E-state index contributed by atoms with van der Waals surface area (Å²) >= 11 is 0. The molecule has 55 heavy (non-hydrogen) atoms. The van der Waals surface area contributed by atoms with E-state index in [1.807, 2.05) is 24.3 Å². The molecule has 0 amide bonds. The summed E-state index contributed by atoms with van der Waals surface area (Å²) in [4.78, 5) is 25.1. The number of carbonyl (C=O) groups excluding carboxylic acids is 2. The number of fused-ring (bicyclic) bond motifs is 1. The molecule has 2 aliphatic heterocycles. The Hall–Kier alpha value is -4.78. The molecule has 12 heteroatoms. The quantitative estimate of drug-likeness (QED) is 0.0674. The van der Waals surface area contributed by atoms with Gasteiger partial charge in [0.2, 0.25) is 0 Å². The fourth-order valence-corrected chi connectivity index (χ4v) is 7.87. The van der Waals surface area contributed by atoms with Gasteiger partial charge in [-0.25, -0.2) is 9.59 Å². The molecule has 0 aromatic heterocycles. The van der Waals surface area contributed by atoms with E-state index in [1.54, 1.807) is 35.5 Å². The summed E-state index contributed by atoms with van der Waals surface area (Å²) in [6.45, 7) is 7.12. The minimum Gasteiger partial charge on any atom is -0.497 e. The van der Waals surface area contributed by atoms with Crippen molar-refractivity contribution >= 4 is 11.9 Å². The summed E-state index contributed by atoms with van der Waals surface area (Å²) in [7, 11) is 10.5. The zero-order valence-electron chi connectivity index (χ0n) is 33.3. The maximum absolute atomic E-state index is 12.6. The number of rotatable bonds is 19. The van der Waals surface area contributed by atoms with Crippen LogP contribution in [0.3, 0.4) is 0 Å². The van der Waals surface area contributed by atoms with Gasteiger partial charge < -0.3 is 46.9 Å². The molecule has 0 saturated carbocycles. The van der Waals surface area contributed by atoms with Crippen molar-refractivity contribution in [2.45, 2.75) is 38.3 Å². The van der Waals surface area contributed by atoms with Crippen molar-refractivity contribution in [3.8, 4) is 28.7 Å².